The summed E-state index contributed by atoms with van der Waals surface area (Å²) in [4.78, 5) is 176. The highest BCUT2D eigenvalue weighted by Gasteiger charge is 2.64. The van der Waals surface area contributed by atoms with Crippen LogP contribution in [0.25, 0.3) is 0 Å². The first kappa shape index (κ1) is 116. The van der Waals surface area contributed by atoms with Gasteiger partial charge in [-0.15, -0.1) is 0 Å². The quantitative estimate of drug-likeness (QED) is 0.0269. The molecule has 21 fully saturated rings. The fourth-order valence-corrected chi connectivity index (χ4v) is 16.2. The summed E-state index contributed by atoms with van der Waals surface area (Å²) in [6, 6.07) is 0. The molecular weight excluding hydrogens is 1930 g/mol. The van der Waals surface area contributed by atoms with Crippen LogP contribution >= 0.6 is 0 Å². The van der Waals surface area contributed by atoms with Crippen LogP contribution in [0.4, 0.5) is 0 Å². The van der Waals surface area contributed by atoms with E-state index in [1.54, 1.807) is 0 Å². The van der Waals surface area contributed by atoms with E-state index in [4.69, 9.17) is 166 Å². The number of rotatable bonds is 56. The van der Waals surface area contributed by atoms with Crippen molar-refractivity contribution in [2.45, 2.75) is 215 Å². The minimum absolute atomic E-state index is 0.941. The van der Waals surface area contributed by atoms with Gasteiger partial charge in [0.15, 0.2) is 44.0 Å². The number of aliphatic carboxylic acids is 14. The lowest BCUT2D eigenvalue weighted by atomic mass is 9.94. The standard InChI is InChI=1S/C77H112O63/c1-106-57-50-29(8-113-15-36(78)79)127-71(64(57)120-22-43(92)93)135-51-30(9-114-16-37(80)81)129-73(66(58(51)107-2)122-24-45(96)97)137-53-32(11-116-18-39(84)85)131-75(68(60(53)109-4)124-26-47(100)101)139-55-34(13-118-20-41(88)89)133-77(70(62(55)111-6)126-28-49(104)105)140-56-35(14-119-21-42(90)91)132-76(69(63(56)112-7)125-27-48(102)103)138-54-33(12-117-19-40(86)87)130-74(67(61(54)110-5)123-25-46(98)99)136-52-31(10-115-17-38(82)83)128-72(134-50)65(59(52)108-3)121-23-44(94)95/h29-35,50-77H,8-28H2,1-7H3,(H,78,79)(H,80,81)(H,82,83)(H,84,85)(H,86,87)(H,88,89)(H,90,91)(H,92,93)(H,94,95)(H,96,97)(H,98,99)(H,100,101)(H,102,103)(H,104,105)/t29-,30-,31-,32-,33-,34-,35-,50-,51-,52-,53-,54-,55-,56-,57+,58+,59+,60+,61+,62+,63+,64-,65-,66-,67-,68-,69-,70-,71-,72-,73-,74-,75-,76-,77-/m1/s1. The van der Waals surface area contributed by atoms with E-state index in [0.29, 0.717) is 0 Å². The van der Waals surface area contributed by atoms with Gasteiger partial charge in [0.2, 0.25) is 0 Å². The molecule has 21 heterocycles. The number of ether oxygens (including phenoxy) is 35. The smallest absolute Gasteiger partial charge is 0.329 e. The van der Waals surface area contributed by atoms with Gasteiger partial charge < -0.3 is 237 Å². The van der Waals surface area contributed by atoms with Crippen LogP contribution < -0.4 is 0 Å². The molecule has 0 aromatic rings. The van der Waals surface area contributed by atoms with Crippen LogP contribution in [-0.2, 0) is 233 Å². The van der Waals surface area contributed by atoms with E-state index in [1.165, 1.54) is 0 Å². The minimum atomic E-state index is -2.30. The zero-order valence-corrected chi connectivity index (χ0v) is 75.3. The SMILES string of the molecule is CO[C@@H]1[C@@H](OCC(=O)O)[C@H]2O[C@H]3[C@H](OC)[C@@H](OCC(=O)O)[C@@H](O[C@H]4[C@H](OC)[C@@H](OCC(=O)O)[C@@H](O[C@H]5[C@H](OC)[C@@H](OCC(=O)O)[C@@H](O[C@H]6[C@H](OC)[C@@H](OCC(=O)O)[C@@H](O[C@H]7[C@H](OC)[C@@H](OCC(=O)O)[C@@H](O[C@H]8[C@H](OC)[C@@H](OCC(=O)O)[C@@H](O[C@@H]1[C@@H](COCC(=O)O)O2)O[C@@H]8COCC(=O)O)O[C@@H]7COCC(=O)O)O[C@@H]6COCC(=O)O)O[C@@H]5COCC(=O)O)O[C@@H]4COCC(=O)O)O[C@@H]3COCC(=O)O. The van der Waals surface area contributed by atoms with E-state index < -0.39 is 437 Å². The summed E-state index contributed by atoms with van der Waals surface area (Å²) in [5.41, 5.74) is 0. The Morgan fingerprint density at radius 3 is 0.343 bits per heavy atom. The van der Waals surface area contributed by atoms with E-state index in [9.17, 15) is 139 Å². The molecule has 14 N–H and O–H groups in total. The van der Waals surface area contributed by atoms with Crippen molar-refractivity contribution < 1.29 is 304 Å². The number of carbonyl (C=O) groups is 14. The monoisotopic (exact) mass is 2040 g/mol. The molecule has 140 heavy (non-hydrogen) atoms. The van der Waals surface area contributed by atoms with Crippen molar-refractivity contribution in [1.29, 1.82) is 0 Å². The van der Waals surface area contributed by atoms with Gasteiger partial charge in [-0.25, -0.2) is 67.1 Å². The molecule has 0 aliphatic carbocycles. The molecule has 0 spiro atoms. The van der Waals surface area contributed by atoms with Crippen LogP contribution in [0.15, 0.2) is 0 Å². The third-order valence-corrected chi connectivity index (χ3v) is 21.4. The van der Waals surface area contributed by atoms with E-state index >= 15 is 0 Å². The Kier molecular flexibility index (Phi) is 47.9. The van der Waals surface area contributed by atoms with Crippen molar-refractivity contribution in [1.82, 2.24) is 0 Å². The maximum atomic E-state index is 12.8. The molecule has 798 valence electrons. The van der Waals surface area contributed by atoms with Gasteiger partial charge in [0.05, 0.1) is 46.2 Å². The van der Waals surface area contributed by atoms with Gasteiger partial charge in [0, 0.05) is 49.8 Å². The van der Waals surface area contributed by atoms with Crippen LogP contribution in [0.3, 0.4) is 0 Å². The van der Waals surface area contributed by atoms with Crippen molar-refractivity contribution in [3.8, 4) is 0 Å². The zero-order chi connectivity index (χ0) is 103. The Balaban J connectivity index is 1.46. The van der Waals surface area contributed by atoms with Gasteiger partial charge >= 0.3 is 83.6 Å². The largest absolute Gasteiger partial charge is 0.480 e. The topological polar surface area (TPSA) is 845 Å². The minimum Gasteiger partial charge on any atom is -0.480 e. The molecule has 21 aliphatic rings. The second kappa shape index (κ2) is 57.6. The number of carboxylic acid groups (broad SMARTS) is 14. The van der Waals surface area contributed by atoms with Crippen LogP contribution in [0.5, 0.6) is 0 Å². The molecule has 0 radical (unpaired) electrons. The molecule has 0 amide bonds. The summed E-state index contributed by atoms with van der Waals surface area (Å²) in [7, 11) is 6.59. The fourth-order valence-electron chi connectivity index (χ4n) is 16.2. The normalized spacial score (nSPS) is 35.4. The first-order valence-corrected chi connectivity index (χ1v) is 41.9. The molecule has 14 bridgehead atoms. The average Bonchev–Trinajstić information content (AvgIpc) is 0.782. The van der Waals surface area contributed by atoms with Gasteiger partial charge in [0.1, 0.15) is 263 Å². The van der Waals surface area contributed by atoms with Crippen molar-refractivity contribution in [2.75, 3.05) is 189 Å². The lowest BCUT2D eigenvalue weighted by Crippen LogP contribution is -2.70. The van der Waals surface area contributed by atoms with Crippen LogP contribution in [0, 0.1) is 0 Å². The fraction of sp³-hybridized carbons (Fsp3) is 0.818. The summed E-state index contributed by atoms with van der Waals surface area (Å²) in [5, 5.41) is 143. The van der Waals surface area contributed by atoms with Crippen LogP contribution in [0.2, 0.25) is 0 Å². The molecule has 35 atom stereocenters. The first-order chi connectivity index (χ1) is 66.7. The summed E-state index contributed by atoms with van der Waals surface area (Å²) >= 11 is 0. The molecule has 0 unspecified atom stereocenters. The van der Waals surface area contributed by atoms with E-state index in [1.807, 2.05) is 0 Å². The van der Waals surface area contributed by atoms with Crippen molar-refractivity contribution in [2.24, 2.45) is 0 Å². The summed E-state index contributed by atoms with van der Waals surface area (Å²) < 4.78 is 217. The molecular formula is C77H112O63. The average molecular weight is 2050 g/mol. The van der Waals surface area contributed by atoms with E-state index in [0.717, 1.165) is 49.8 Å². The van der Waals surface area contributed by atoms with Gasteiger partial charge in [-0.05, 0) is 0 Å². The van der Waals surface area contributed by atoms with Gasteiger partial charge in [-0.3, -0.25) is 0 Å². The highest BCUT2D eigenvalue weighted by Crippen LogP contribution is 2.44. The predicted octanol–water partition coefficient (Wildman–Crippen LogP) is -9.13. The Morgan fingerprint density at radius 1 is 0.157 bits per heavy atom. The summed E-state index contributed by atoms with van der Waals surface area (Å²) in [6.45, 7) is -25.1. The Morgan fingerprint density at radius 2 is 0.257 bits per heavy atom. The second-order valence-corrected chi connectivity index (χ2v) is 31.0. The number of hydrogen-bond donors (Lipinski definition) is 14. The molecule has 63 heteroatoms. The van der Waals surface area contributed by atoms with E-state index in [2.05, 4.69) is 0 Å². The van der Waals surface area contributed by atoms with Crippen LogP contribution in [-0.4, -0.2) is 559 Å². The Labute approximate surface area is 789 Å². The van der Waals surface area contributed by atoms with E-state index in [-0.39, 0.29) is 0 Å². The third kappa shape index (κ3) is 33.9. The molecule has 63 nitrogen and oxygen atoms in total. The van der Waals surface area contributed by atoms with Crippen LogP contribution in [0.1, 0.15) is 0 Å². The molecule has 0 saturated carbocycles. The summed E-state index contributed by atoms with van der Waals surface area (Å²) in [6.07, 6.45) is -73.7. The lowest BCUT2D eigenvalue weighted by molar-refractivity contribution is -0.405. The Hall–Kier alpha value is -8.82. The zero-order valence-electron chi connectivity index (χ0n) is 75.3. The molecule has 0 aromatic carbocycles. The molecule has 21 aliphatic heterocycles. The third-order valence-electron chi connectivity index (χ3n) is 21.4. The van der Waals surface area contributed by atoms with Crippen molar-refractivity contribution >= 4 is 83.6 Å². The van der Waals surface area contributed by atoms with Gasteiger partial charge in [-0.1, -0.05) is 0 Å². The van der Waals surface area contributed by atoms with Gasteiger partial charge in [-0.2, -0.15) is 0 Å². The number of methoxy groups -OCH3 is 7. The van der Waals surface area contributed by atoms with Crippen molar-refractivity contribution in [3.63, 3.8) is 0 Å². The number of hydrogen-bond acceptors (Lipinski definition) is 49. The lowest BCUT2D eigenvalue weighted by Gasteiger charge is -2.52. The van der Waals surface area contributed by atoms with Crippen molar-refractivity contribution in [3.05, 3.63) is 0 Å². The maximum absolute atomic E-state index is 12.8. The second-order valence-electron chi connectivity index (χ2n) is 31.0. The molecule has 21 rings (SSSR count). The summed E-state index contributed by atoms with van der Waals surface area (Å²) in [5.74, 6) is -23.8. The predicted molar refractivity (Wildman–Crippen MR) is 421 cm³/mol. The number of carboxylic acids is 14. The van der Waals surface area contributed by atoms with Gasteiger partial charge in [0.25, 0.3) is 0 Å². The maximum Gasteiger partial charge on any atom is 0.329 e. The molecule has 21 saturated heterocycles. The highest BCUT2D eigenvalue weighted by molar-refractivity contribution is 5.72. The first-order valence-electron chi connectivity index (χ1n) is 41.9. The highest BCUT2D eigenvalue weighted by atomic mass is 16.8. The Bertz CT molecular complexity index is 3280. The molecule has 0 aromatic heterocycles.